The van der Waals surface area contributed by atoms with E-state index in [0.717, 1.165) is 5.56 Å². The second-order valence-corrected chi connectivity index (χ2v) is 6.55. The van der Waals surface area contributed by atoms with Gasteiger partial charge < -0.3 is 10.3 Å². The zero-order chi connectivity index (χ0) is 19.6. The van der Waals surface area contributed by atoms with Gasteiger partial charge in [-0.2, -0.15) is 0 Å². The van der Waals surface area contributed by atoms with Crippen LogP contribution in [0.2, 0.25) is 5.15 Å². The quantitative estimate of drug-likeness (QED) is 0.547. The Hall–Kier alpha value is -2.94. The van der Waals surface area contributed by atoms with E-state index in [2.05, 4.69) is 25.3 Å². The van der Waals surface area contributed by atoms with E-state index in [4.69, 9.17) is 11.6 Å². The highest BCUT2D eigenvalue weighted by molar-refractivity contribution is 6.29. The van der Waals surface area contributed by atoms with Crippen molar-refractivity contribution in [3.05, 3.63) is 55.7 Å². The molecule has 3 heterocycles. The maximum atomic E-state index is 12.1. The summed E-state index contributed by atoms with van der Waals surface area (Å²) in [7, 11) is 0. The van der Waals surface area contributed by atoms with Crippen LogP contribution < -0.4 is 16.6 Å². The van der Waals surface area contributed by atoms with Gasteiger partial charge in [-0.1, -0.05) is 24.6 Å². The van der Waals surface area contributed by atoms with Crippen LogP contribution in [0, 0.1) is 0 Å². The molecule has 9 nitrogen and oxygen atoms in total. The Bertz CT molecular complexity index is 1080. The second kappa shape index (κ2) is 7.75. The maximum absolute atomic E-state index is 12.1. The number of amides is 1. The van der Waals surface area contributed by atoms with Gasteiger partial charge in [0.15, 0.2) is 5.65 Å². The van der Waals surface area contributed by atoms with Gasteiger partial charge in [-0.05, 0) is 18.1 Å². The van der Waals surface area contributed by atoms with E-state index in [1.165, 1.54) is 11.5 Å². The van der Waals surface area contributed by atoms with E-state index < -0.39 is 17.3 Å². The smallest absolute Gasteiger partial charge is 0.330 e. The van der Waals surface area contributed by atoms with Crippen LogP contribution in [-0.4, -0.2) is 30.4 Å². The molecule has 3 aromatic rings. The Morgan fingerprint density at radius 1 is 1.33 bits per heavy atom. The normalized spacial score (nSPS) is 12.3. The molecule has 0 aliphatic carbocycles. The predicted octanol–water partition coefficient (Wildman–Crippen LogP) is 1.29. The van der Waals surface area contributed by atoms with Crippen LogP contribution in [0.3, 0.4) is 0 Å². The summed E-state index contributed by atoms with van der Waals surface area (Å²) in [6.07, 6.45) is 2.58. The van der Waals surface area contributed by atoms with E-state index in [1.807, 2.05) is 6.92 Å². The fourth-order valence-electron chi connectivity index (χ4n) is 2.90. The summed E-state index contributed by atoms with van der Waals surface area (Å²) < 4.78 is 1.42. The van der Waals surface area contributed by atoms with E-state index in [9.17, 15) is 14.4 Å². The Morgan fingerprint density at radius 3 is 2.74 bits per heavy atom. The fourth-order valence-corrected chi connectivity index (χ4v) is 3.01. The van der Waals surface area contributed by atoms with Crippen molar-refractivity contribution in [2.45, 2.75) is 39.3 Å². The van der Waals surface area contributed by atoms with Crippen molar-refractivity contribution >= 4 is 28.7 Å². The van der Waals surface area contributed by atoms with Gasteiger partial charge in [0, 0.05) is 26.1 Å². The highest BCUT2D eigenvalue weighted by atomic mass is 35.5. The van der Waals surface area contributed by atoms with Gasteiger partial charge in [-0.25, -0.2) is 14.8 Å². The summed E-state index contributed by atoms with van der Waals surface area (Å²) in [6.45, 7) is 3.78. The number of nitrogens with zero attached hydrogens (tertiary/aromatic N) is 3. The molecule has 0 unspecified atom stereocenters. The van der Waals surface area contributed by atoms with Crippen molar-refractivity contribution in [1.82, 2.24) is 29.8 Å². The molecule has 1 atom stereocenters. The van der Waals surface area contributed by atoms with Gasteiger partial charge >= 0.3 is 5.69 Å². The number of pyridine rings is 1. The minimum absolute atomic E-state index is 0.216. The van der Waals surface area contributed by atoms with Crippen molar-refractivity contribution in [1.29, 1.82) is 0 Å². The standard InChI is InChI=1S/C17H19ClN6O3/c1-3-6-24-15-14(16(26)23-17(24)27)21-13(22-15)7-11(20-9(2)25)10-4-5-12(18)19-8-10/h4-5,8,11H,3,6-7H2,1-2H3,(H,20,25)(H,21,22)(H,23,26,27)/t11-/m0/s1. The minimum Gasteiger partial charge on any atom is -0.349 e. The van der Waals surface area contributed by atoms with Crippen molar-refractivity contribution < 1.29 is 4.79 Å². The van der Waals surface area contributed by atoms with Crippen LogP contribution in [-0.2, 0) is 17.8 Å². The third-order valence-electron chi connectivity index (χ3n) is 4.06. The molecule has 0 radical (unpaired) electrons. The third-order valence-corrected chi connectivity index (χ3v) is 4.28. The fraction of sp³-hybridized carbons (Fsp3) is 0.353. The molecule has 3 rings (SSSR count). The molecule has 0 saturated carbocycles. The number of hydrogen-bond donors (Lipinski definition) is 3. The number of carbonyl (C=O) groups excluding carboxylic acids is 1. The number of rotatable bonds is 6. The Labute approximate surface area is 158 Å². The molecule has 0 saturated heterocycles. The number of H-pyrrole nitrogens is 2. The average molecular weight is 391 g/mol. The maximum Gasteiger partial charge on any atom is 0.330 e. The van der Waals surface area contributed by atoms with Gasteiger partial charge in [0.05, 0.1) is 6.04 Å². The number of fused-ring (bicyclic) bond motifs is 1. The monoisotopic (exact) mass is 390 g/mol. The van der Waals surface area contributed by atoms with Crippen LogP contribution >= 0.6 is 11.6 Å². The van der Waals surface area contributed by atoms with E-state index in [1.54, 1.807) is 18.3 Å². The van der Waals surface area contributed by atoms with Crippen molar-refractivity contribution in [2.24, 2.45) is 0 Å². The largest absolute Gasteiger partial charge is 0.349 e. The molecule has 0 fully saturated rings. The van der Waals surface area contributed by atoms with Crippen molar-refractivity contribution in [3.63, 3.8) is 0 Å². The summed E-state index contributed by atoms with van der Waals surface area (Å²) in [5.74, 6) is 0.256. The number of halogens is 1. The lowest BCUT2D eigenvalue weighted by Gasteiger charge is -2.16. The number of hydrogen-bond acceptors (Lipinski definition) is 5. The van der Waals surface area contributed by atoms with Gasteiger partial charge in [-0.3, -0.25) is 19.1 Å². The van der Waals surface area contributed by atoms with Gasteiger partial charge in [0.1, 0.15) is 16.5 Å². The number of aromatic nitrogens is 5. The second-order valence-electron chi connectivity index (χ2n) is 6.16. The Kier molecular flexibility index (Phi) is 5.41. The molecule has 142 valence electrons. The molecule has 0 aliphatic heterocycles. The molecule has 3 aromatic heterocycles. The van der Waals surface area contributed by atoms with Crippen LogP contribution in [0.25, 0.3) is 11.2 Å². The van der Waals surface area contributed by atoms with Gasteiger partial charge in [0.2, 0.25) is 5.91 Å². The molecule has 10 heteroatoms. The number of aromatic amines is 2. The number of carbonyl (C=O) groups is 1. The highest BCUT2D eigenvalue weighted by Crippen LogP contribution is 2.19. The van der Waals surface area contributed by atoms with Crippen molar-refractivity contribution in [3.8, 4) is 0 Å². The predicted molar refractivity (Wildman–Crippen MR) is 101 cm³/mol. The lowest BCUT2D eigenvalue weighted by Crippen LogP contribution is -2.30. The highest BCUT2D eigenvalue weighted by Gasteiger charge is 2.19. The van der Waals surface area contributed by atoms with E-state index in [-0.39, 0.29) is 17.8 Å². The van der Waals surface area contributed by atoms with Crippen LogP contribution in [0.5, 0.6) is 0 Å². The summed E-state index contributed by atoms with van der Waals surface area (Å²) in [6, 6.07) is 2.98. The molecule has 0 bridgehead atoms. The zero-order valence-electron chi connectivity index (χ0n) is 14.9. The molecule has 0 aromatic carbocycles. The summed E-state index contributed by atoms with van der Waals surface area (Å²) in [4.78, 5) is 49.5. The topological polar surface area (TPSA) is 126 Å². The molecular formula is C17H19ClN6O3. The molecule has 0 spiro atoms. The summed E-state index contributed by atoms with van der Waals surface area (Å²) in [5, 5.41) is 3.18. The first-order chi connectivity index (χ1) is 12.9. The molecule has 1 amide bonds. The van der Waals surface area contributed by atoms with Gasteiger partial charge in [0.25, 0.3) is 5.56 Å². The summed E-state index contributed by atoms with van der Waals surface area (Å²) in [5.41, 5.74) is 0.262. The lowest BCUT2D eigenvalue weighted by molar-refractivity contribution is -0.119. The molecule has 27 heavy (non-hydrogen) atoms. The van der Waals surface area contributed by atoms with E-state index >= 15 is 0 Å². The number of aryl methyl sites for hydroxylation is 1. The number of imidazole rings is 1. The van der Waals surface area contributed by atoms with Crippen LogP contribution in [0.1, 0.15) is 37.7 Å². The average Bonchev–Trinajstić information content (AvgIpc) is 3.02. The first kappa shape index (κ1) is 18.8. The van der Waals surface area contributed by atoms with Crippen molar-refractivity contribution in [2.75, 3.05) is 0 Å². The molecular weight excluding hydrogens is 372 g/mol. The Balaban J connectivity index is 2.02. The first-order valence-corrected chi connectivity index (χ1v) is 8.87. The molecule has 0 aliphatic rings. The summed E-state index contributed by atoms with van der Waals surface area (Å²) >= 11 is 5.83. The van der Waals surface area contributed by atoms with Crippen LogP contribution in [0.15, 0.2) is 27.9 Å². The first-order valence-electron chi connectivity index (χ1n) is 8.49. The Morgan fingerprint density at radius 2 is 2.11 bits per heavy atom. The zero-order valence-corrected chi connectivity index (χ0v) is 15.6. The van der Waals surface area contributed by atoms with E-state index in [0.29, 0.717) is 29.6 Å². The van der Waals surface area contributed by atoms with Crippen LogP contribution in [0.4, 0.5) is 0 Å². The lowest BCUT2D eigenvalue weighted by atomic mass is 10.1. The number of nitrogens with one attached hydrogen (secondary N) is 3. The van der Waals surface area contributed by atoms with Gasteiger partial charge in [-0.15, -0.1) is 0 Å². The third kappa shape index (κ3) is 4.08. The molecule has 3 N–H and O–H groups in total. The minimum atomic E-state index is -0.523. The SMILES string of the molecule is CCCn1c(=O)[nH]c(=O)c2[nH]c(C[C@H](NC(C)=O)c3ccc(Cl)nc3)nc21.